The lowest BCUT2D eigenvalue weighted by Gasteiger charge is -2.39. The van der Waals surface area contributed by atoms with Gasteiger partial charge in [0.2, 0.25) is 6.29 Å². The zero-order chi connectivity index (χ0) is 11.6. The first-order valence-corrected chi connectivity index (χ1v) is 6.28. The Hall–Kier alpha value is 0.460. The second kappa shape index (κ2) is 5.40. The molecule has 0 N–H and O–H groups in total. The monoisotopic (exact) mass is 266 g/mol. The summed E-state index contributed by atoms with van der Waals surface area (Å²) in [6.07, 6.45) is 3.32. The van der Waals surface area contributed by atoms with E-state index in [-0.39, 0.29) is 12.2 Å². The Kier molecular flexibility index (Phi) is 4.36. The van der Waals surface area contributed by atoms with Gasteiger partial charge in [0.1, 0.15) is 4.33 Å². The van der Waals surface area contributed by atoms with Crippen LogP contribution >= 0.6 is 23.2 Å². The Morgan fingerprint density at radius 1 is 1.25 bits per heavy atom. The van der Waals surface area contributed by atoms with Crippen LogP contribution in [0.1, 0.15) is 25.7 Å². The van der Waals surface area contributed by atoms with Crippen LogP contribution in [0.3, 0.4) is 0 Å². The highest BCUT2D eigenvalue weighted by Crippen LogP contribution is 2.39. The Morgan fingerprint density at radius 3 is 2.44 bits per heavy atom. The zero-order valence-corrected chi connectivity index (χ0v) is 10.6. The molecule has 0 spiro atoms. The van der Waals surface area contributed by atoms with E-state index in [9.17, 15) is 0 Å². The molecule has 2 unspecified atom stereocenters. The molecule has 2 atom stereocenters. The summed E-state index contributed by atoms with van der Waals surface area (Å²) < 4.78 is 15.7. The van der Waals surface area contributed by atoms with E-state index in [0.717, 1.165) is 6.42 Å². The highest BCUT2D eigenvalue weighted by atomic mass is 35.5. The molecule has 2 radical (unpaired) electrons. The molecular formula is C11H16Cl2O3. The van der Waals surface area contributed by atoms with Gasteiger partial charge in [0, 0.05) is 12.8 Å². The van der Waals surface area contributed by atoms with Crippen molar-refractivity contribution in [2.75, 3.05) is 13.2 Å². The van der Waals surface area contributed by atoms with Gasteiger partial charge in [0.15, 0.2) is 0 Å². The molecule has 2 bridgehead atoms. The van der Waals surface area contributed by atoms with Crippen molar-refractivity contribution in [2.45, 2.75) is 42.2 Å². The standard InChI is InChI=1S/C11H16Cl2O3/c1-2-3-11(12,13)5-10-15-8-4-9(16-10)7-14-6-8/h8-9H,1-7H2. The maximum atomic E-state index is 6.14. The first-order valence-electron chi connectivity index (χ1n) is 5.53. The molecule has 0 aliphatic carbocycles. The van der Waals surface area contributed by atoms with Crippen LogP contribution in [-0.2, 0) is 14.2 Å². The largest absolute Gasteiger partial charge is 0.376 e. The molecule has 5 heteroatoms. The van der Waals surface area contributed by atoms with E-state index >= 15 is 0 Å². The van der Waals surface area contributed by atoms with E-state index in [4.69, 9.17) is 37.4 Å². The molecule has 2 aliphatic rings. The normalized spacial score (nSPS) is 31.7. The molecule has 2 saturated heterocycles. The SMILES string of the molecule is [CH2]CCC(Cl)(Cl)C[C]1OC2COCC(C2)O1. The van der Waals surface area contributed by atoms with Crippen molar-refractivity contribution < 1.29 is 14.2 Å². The van der Waals surface area contributed by atoms with E-state index in [1.807, 2.05) is 0 Å². The molecule has 0 amide bonds. The van der Waals surface area contributed by atoms with Gasteiger partial charge in [-0.1, -0.05) is 13.3 Å². The van der Waals surface area contributed by atoms with Crippen LogP contribution in [-0.4, -0.2) is 29.8 Å². The van der Waals surface area contributed by atoms with Gasteiger partial charge in [0.05, 0.1) is 25.4 Å². The van der Waals surface area contributed by atoms with Crippen LogP contribution in [0.15, 0.2) is 0 Å². The van der Waals surface area contributed by atoms with Gasteiger partial charge in [-0.15, -0.1) is 23.2 Å². The Balaban J connectivity index is 1.86. The lowest BCUT2D eigenvalue weighted by Crippen LogP contribution is -2.44. The smallest absolute Gasteiger partial charge is 0.227 e. The van der Waals surface area contributed by atoms with Gasteiger partial charge < -0.3 is 14.2 Å². The Bertz CT molecular complexity index is 223. The molecule has 0 aromatic carbocycles. The van der Waals surface area contributed by atoms with Crippen molar-refractivity contribution in [3.05, 3.63) is 13.2 Å². The third kappa shape index (κ3) is 3.47. The summed E-state index contributed by atoms with van der Waals surface area (Å²) >= 11 is 12.3. The van der Waals surface area contributed by atoms with Crippen LogP contribution in [0.5, 0.6) is 0 Å². The van der Waals surface area contributed by atoms with E-state index in [1.54, 1.807) is 0 Å². The van der Waals surface area contributed by atoms with Gasteiger partial charge >= 0.3 is 0 Å². The summed E-state index contributed by atoms with van der Waals surface area (Å²) in [6, 6.07) is 0. The molecule has 0 aromatic heterocycles. The van der Waals surface area contributed by atoms with Gasteiger partial charge in [-0.05, 0) is 6.42 Å². The first-order chi connectivity index (χ1) is 7.59. The summed E-state index contributed by atoms with van der Waals surface area (Å²) in [5.74, 6) is 0. The predicted molar refractivity (Wildman–Crippen MR) is 62.1 cm³/mol. The van der Waals surface area contributed by atoms with Crippen LogP contribution in [0, 0.1) is 13.2 Å². The van der Waals surface area contributed by atoms with Gasteiger partial charge in [-0.2, -0.15) is 0 Å². The van der Waals surface area contributed by atoms with Crippen molar-refractivity contribution in [2.24, 2.45) is 0 Å². The molecule has 2 heterocycles. The predicted octanol–water partition coefficient (Wildman–Crippen LogP) is 2.86. The maximum Gasteiger partial charge on any atom is 0.227 e. The van der Waals surface area contributed by atoms with Crippen LogP contribution in [0.4, 0.5) is 0 Å². The van der Waals surface area contributed by atoms with E-state index < -0.39 is 4.33 Å². The molecule has 2 fully saturated rings. The molecular weight excluding hydrogens is 251 g/mol. The number of fused-ring (bicyclic) bond motifs is 2. The van der Waals surface area contributed by atoms with Crippen molar-refractivity contribution in [1.29, 1.82) is 0 Å². The number of halogens is 2. The van der Waals surface area contributed by atoms with E-state index in [2.05, 4.69) is 6.92 Å². The van der Waals surface area contributed by atoms with Gasteiger partial charge in [-0.25, -0.2) is 0 Å². The second-order valence-electron chi connectivity index (χ2n) is 4.26. The fourth-order valence-electron chi connectivity index (χ4n) is 1.97. The molecule has 92 valence electrons. The molecule has 3 nitrogen and oxygen atoms in total. The average Bonchev–Trinajstić information content (AvgIpc) is 2.15. The van der Waals surface area contributed by atoms with E-state index in [0.29, 0.717) is 38.8 Å². The Labute approximate surface area is 106 Å². The van der Waals surface area contributed by atoms with Crippen molar-refractivity contribution in [3.63, 3.8) is 0 Å². The summed E-state index contributed by atoms with van der Waals surface area (Å²) in [6.45, 7) is 4.98. The lowest BCUT2D eigenvalue weighted by atomic mass is 10.1. The molecule has 2 rings (SSSR count). The first kappa shape index (κ1) is 12.9. The number of rotatable bonds is 4. The number of alkyl halides is 2. The number of hydrogen-bond acceptors (Lipinski definition) is 3. The number of ether oxygens (including phenoxy) is 3. The summed E-state index contributed by atoms with van der Waals surface area (Å²) in [7, 11) is 0. The molecule has 2 aliphatic heterocycles. The van der Waals surface area contributed by atoms with Crippen molar-refractivity contribution in [3.8, 4) is 0 Å². The van der Waals surface area contributed by atoms with Gasteiger partial charge in [0.25, 0.3) is 0 Å². The zero-order valence-electron chi connectivity index (χ0n) is 9.09. The summed E-state index contributed by atoms with van der Waals surface area (Å²) in [5.41, 5.74) is 0. The lowest BCUT2D eigenvalue weighted by molar-refractivity contribution is -0.225. The molecule has 0 aromatic rings. The third-order valence-corrected chi connectivity index (χ3v) is 3.32. The molecule has 0 saturated carbocycles. The van der Waals surface area contributed by atoms with Gasteiger partial charge in [-0.3, -0.25) is 0 Å². The van der Waals surface area contributed by atoms with Crippen molar-refractivity contribution >= 4 is 23.2 Å². The minimum absolute atomic E-state index is 0.0892. The topological polar surface area (TPSA) is 27.7 Å². The minimum atomic E-state index is -0.844. The van der Waals surface area contributed by atoms with Crippen LogP contribution in [0.25, 0.3) is 0 Å². The van der Waals surface area contributed by atoms with Crippen LogP contribution < -0.4 is 0 Å². The quantitative estimate of drug-likeness (QED) is 0.733. The highest BCUT2D eigenvalue weighted by Gasteiger charge is 2.39. The Morgan fingerprint density at radius 2 is 1.88 bits per heavy atom. The summed E-state index contributed by atoms with van der Waals surface area (Å²) in [5, 5.41) is 0. The highest BCUT2D eigenvalue weighted by molar-refractivity contribution is 6.48. The number of hydrogen-bond donors (Lipinski definition) is 0. The fourth-order valence-corrected chi connectivity index (χ4v) is 2.45. The van der Waals surface area contributed by atoms with Crippen molar-refractivity contribution in [1.82, 2.24) is 0 Å². The maximum absolute atomic E-state index is 6.14. The fraction of sp³-hybridized carbons (Fsp3) is 0.818. The van der Waals surface area contributed by atoms with Crippen LogP contribution in [0.2, 0.25) is 0 Å². The third-order valence-electron chi connectivity index (χ3n) is 2.67. The summed E-state index contributed by atoms with van der Waals surface area (Å²) in [4.78, 5) is 0. The molecule has 16 heavy (non-hydrogen) atoms. The average molecular weight is 267 g/mol. The second-order valence-corrected chi connectivity index (χ2v) is 5.90. The minimum Gasteiger partial charge on any atom is -0.376 e. The van der Waals surface area contributed by atoms with E-state index in [1.165, 1.54) is 0 Å².